The Kier molecular flexibility index (Phi) is 4.48. The second-order valence-electron chi connectivity index (χ2n) is 7.04. The number of ether oxygens (including phenoxy) is 3. The third kappa shape index (κ3) is 2.86. The maximum Gasteiger partial charge on any atom is 0.308 e. The quantitative estimate of drug-likeness (QED) is 0.609. The molecule has 2 aromatic carbocycles. The molecule has 1 unspecified atom stereocenters. The number of methoxy groups -OCH3 is 1. The number of fused-ring (bicyclic) bond motifs is 2. The van der Waals surface area contributed by atoms with Gasteiger partial charge in [0, 0.05) is 24.4 Å². The Bertz CT molecular complexity index is 1230. The van der Waals surface area contributed by atoms with Gasteiger partial charge in [0.25, 0.3) is 0 Å². The minimum absolute atomic E-state index is 0.116. The van der Waals surface area contributed by atoms with E-state index in [1.807, 2.05) is 12.1 Å². The predicted molar refractivity (Wildman–Crippen MR) is 114 cm³/mol. The van der Waals surface area contributed by atoms with Crippen LogP contribution in [0.25, 0.3) is 0 Å². The highest BCUT2D eigenvalue weighted by Crippen LogP contribution is 2.49. The van der Waals surface area contributed by atoms with Crippen LogP contribution in [0, 0.1) is 0 Å². The van der Waals surface area contributed by atoms with E-state index in [1.165, 1.54) is 4.57 Å². The molecule has 1 atom stereocenters. The molecule has 0 N–H and O–H groups in total. The van der Waals surface area contributed by atoms with E-state index in [1.54, 1.807) is 43.3 Å². The molecule has 0 radical (unpaired) electrons. The van der Waals surface area contributed by atoms with Crippen molar-refractivity contribution < 1.29 is 19.0 Å². The van der Waals surface area contributed by atoms with Crippen molar-refractivity contribution in [2.75, 3.05) is 18.8 Å². The molecule has 1 amide bonds. The zero-order valence-electron chi connectivity index (χ0n) is 16.2. The fourth-order valence-corrected chi connectivity index (χ4v) is 5.20. The van der Waals surface area contributed by atoms with E-state index in [9.17, 15) is 9.59 Å². The van der Waals surface area contributed by atoms with Gasteiger partial charge in [-0.15, -0.1) is 0 Å². The van der Waals surface area contributed by atoms with Gasteiger partial charge in [-0.3, -0.25) is 19.1 Å². The molecule has 0 bridgehead atoms. The number of hydrogen-bond acceptors (Lipinski definition) is 6. The van der Waals surface area contributed by atoms with Gasteiger partial charge < -0.3 is 14.2 Å². The molecule has 154 valence electrons. The van der Waals surface area contributed by atoms with E-state index in [0.717, 1.165) is 21.8 Å². The van der Waals surface area contributed by atoms with Gasteiger partial charge in [-0.2, -0.15) is 0 Å². The van der Waals surface area contributed by atoms with Gasteiger partial charge >= 0.3 is 4.87 Å². The third-order valence-electron chi connectivity index (χ3n) is 5.32. The maximum absolute atomic E-state index is 13.3. The van der Waals surface area contributed by atoms with Crippen molar-refractivity contribution in [1.29, 1.82) is 0 Å². The summed E-state index contributed by atoms with van der Waals surface area (Å²) in [6, 6.07) is 10.7. The number of rotatable bonds is 3. The first-order valence-electron chi connectivity index (χ1n) is 9.23. The van der Waals surface area contributed by atoms with E-state index >= 15 is 0 Å². The lowest BCUT2D eigenvalue weighted by molar-refractivity contribution is -0.118. The van der Waals surface area contributed by atoms with Crippen molar-refractivity contribution in [3.63, 3.8) is 0 Å². The molecule has 2 aliphatic rings. The van der Waals surface area contributed by atoms with Crippen LogP contribution in [0.1, 0.15) is 22.8 Å². The van der Waals surface area contributed by atoms with Gasteiger partial charge in [-0.25, -0.2) is 0 Å². The summed E-state index contributed by atoms with van der Waals surface area (Å²) in [5.74, 6) is 1.79. The van der Waals surface area contributed by atoms with Crippen LogP contribution in [0.2, 0.25) is 5.02 Å². The van der Waals surface area contributed by atoms with Crippen LogP contribution in [0.4, 0.5) is 11.5 Å². The Hall–Kier alpha value is -2.97. The fourth-order valence-electron chi connectivity index (χ4n) is 3.93. The number of benzene rings is 2. The van der Waals surface area contributed by atoms with Gasteiger partial charge in [0.1, 0.15) is 5.82 Å². The van der Waals surface area contributed by atoms with E-state index in [0.29, 0.717) is 33.8 Å². The van der Waals surface area contributed by atoms with Crippen LogP contribution < -0.4 is 24.0 Å². The molecule has 0 saturated heterocycles. The van der Waals surface area contributed by atoms with E-state index in [2.05, 4.69) is 0 Å². The van der Waals surface area contributed by atoms with Crippen LogP contribution in [0.3, 0.4) is 0 Å². The van der Waals surface area contributed by atoms with Crippen LogP contribution in [-0.4, -0.2) is 24.4 Å². The number of carbonyl (C=O) groups is 1. The predicted octanol–water partition coefficient (Wildman–Crippen LogP) is 4.04. The summed E-state index contributed by atoms with van der Waals surface area (Å²) in [5.41, 5.74) is 1.46. The van der Waals surface area contributed by atoms with Crippen molar-refractivity contribution in [3.05, 3.63) is 61.5 Å². The standard InChI is InChI=1S/C21H17ClN2O5S/c1-23-20-19(30-21(23)26)14(9-17(25)24(20)13-5-3-4-12(22)8-13)11-6-15(27-2)18-16(7-11)28-10-29-18/h3-8,14H,9-10H2,1-2H3. The summed E-state index contributed by atoms with van der Waals surface area (Å²) < 4.78 is 18.0. The minimum Gasteiger partial charge on any atom is -0.493 e. The van der Waals surface area contributed by atoms with Crippen molar-refractivity contribution in [3.8, 4) is 17.2 Å². The van der Waals surface area contributed by atoms with E-state index in [-0.39, 0.29) is 29.9 Å². The summed E-state index contributed by atoms with van der Waals surface area (Å²) in [4.78, 5) is 28.1. The Labute approximate surface area is 181 Å². The lowest BCUT2D eigenvalue weighted by Crippen LogP contribution is -2.34. The Balaban J connectivity index is 1.68. The second-order valence-corrected chi connectivity index (χ2v) is 8.47. The molecule has 0 fully saturated rings. The molecule has 5 rings (SSSR count). The monoisotopic (exact) mass is 444 g/mol. The van der Waals surface area contributed by atoms with E-state index in [4.69, 9.17) is 25.8 Å². The smallest absolute Gasteiger partial charge is 0.308 e. The first-order valence-corrected chi connectivity index (χ1v) is 10.4. The summed E-state index contributed by atoms with van der Waals surface area (Å²) in [6.07, 6.45) is 0.197. The molecule has 2 aliphatic heterocycles. The Morgan fingerprint density at radius 2 is 2.03 bits per heavy atom. The van der Waals surface area contributed by atoms with Crippen molar-refractivity contribution in [2.45, 2.75) is 12.3 Å². The number of nitrogens with zero attached hydrogens (tertiary/aromatic N) is 2. The van der Waals surface area contributed by atoms with Gasteiger partial charge in [0.05, 0.1) is 17.7 Å². The topological polar surface area (TPSA) is 70.0 Å². The van der Waals surface area contributed by atoms with Gasteiger partial charge in [-0.1, -0.05) is 29.0 Å². The van der Waals surface area contributed by atoms with Gasteiger partial charge in [0.2, 0.25) is 18.4 Å². The molecule has 0 spiro atoms. The summed E-state index contributed by atoms with van der Waals surface area (Å²) in [6.45, 7) is 0.116. The molecule has 1 aromatic heterocycles. The van der Waals surface area contributed by atoms with E-state index < -0.39 is 0 Å². The minimum atomic E-state index is -0.301. The van der Waals surface area contributed by atoms with Gasteiger partial charge in [0.15, 0.2) is 11.5 Å². The molecular weight excluding hydrogens is 428 g/mol. The van der Waals surface area contributed by atoms with Crippen molar-refractivity contribution >= 4 is 40.4 Å². The number of aromatic nitrogens is 1. The van der Waals surface area contributed by atoms with Gasteiger partial charge in [-0.05, 0) is 35.9 Å². The van der Waals surface area contributed by atoms with Crippen LogP contribution in [-0.2, 0) is 11.8 Å². The molecular formula is C21H17ClN2O5S. The molecule has 3 heterocycles. The number of halogens is 1. The molecule has 0 saturated carbocycles. The van der Waals surface area contributed by atoms with Crippen molar-refractivity contribution in [1.82, 2.24) is 4.57 Å². The fraction of sp³-hybridized carbons (Fsp3) is 0.238. The average molecular weight is 445 g/mol. The first-order chi connectivity index (χ1) is 14.5. The zero-order chi connectivity index (χ0) is 21.0. The Morgan fingerprint density at radius 3 is 2.80 bits per heavy atom. The number of anilines is 2. The normalized spacial score (nSPS) is 17.2. The Morgan fingerprint density at radius 1 is 1.20 bits per heavy atom. The van der Waals surface area contributed by atoms with Crippen LogP contribution in [0.5, 0.6) is 17.2 Å². The number of carbonyl (C=O) groups excluding carboxylic acids is 1. The largest absolute Gasteiger partial charge is 0.493 e. The highest BCUT2D eigenvalue weighted by molar-refractivity contribution is 7.10. The summed E-state index contributed by atoms with van der Waals surface area (Å²) in [7, 11) is 3.23. The maximum atomic E-state index is 13.3. The molecule has 9 heteroatoms. The SMILES string of the molecule is COc1cc(C2CC(=O)N(c3cccc(Cl)c3)c3c2sc(=O)n3C)cc2c1OCO2. The highest BCUT2D eigenvalue weighted by atomic mass is 35.5. The summed E-state index contributed by atoms with van der Waals surface area (Å²) in [5, 5.41) is 0.518. The average Bonchev–Trinajstić information content (AvgIpc) is 3.32. The molecule has 7 nitrogen and oxygen atoms in total. The lowest BCUT2D eigenvalue weighted by atomic mass is 9.90. The highest BCUT2D eigenvalue weighted by Gasteiger charge is 2.38. The lowest BCUT2D eigenvalue weighted by Gasteiger charge is -2.32. The second kappa shape index (κ2) is 7.07. The molecule has 0 aliphatic carbocycles. The van der Waals surface area contributed by atoms with Crippen LogP contribution >= 0.6 is 22.9 Å². The summed E-state index contributed by atoms with van der Waals surface area (Å²) >= 11 is 7.29. The third-order valence-corrected chi connectivity index (χ3v) is 6.69. The molecule has 3 aromatic rings. The zero-order valence-corrected chi connectivity index (χ0v) is 17.7. The number of hydrogen-bond donors (Lipinski definition) is 0. The van der Waals surface area contributed by atoms with Crippen LogP contribution in [0.15, 0.2) is 41.2 Å². The first kappa shape index (κ1) is 19.0. The molecule has 30 heavy (non-hydrogen) atoms. The number of amides is 1. The van der Waals surface area contributed by atoms with Crippen molar-refractivity contribution in [2.24, 2.45) is 7.05 Å². The number of thiazole rings is 1.